The average molecular weight is 297 g/mol. The van der Waals surface area contributed by atoms with Crippen LogP contribution in [-0.2, 0) is 11.3 Å². The van der Waals surface area contributed by atoms with Crippen molar-refractivity contribution in [3.63, 3.8) is 0 Å². The zero-order valence-electron chi connectivity index (χ0n) is 13.1. The van der Waals surface area contributed by atoms with E-state index in [4.69, 9.17) is 0 Å². The maximum atomic E-state index is 12.7. The Morgan fingerprint density at radius 2 is 2.18 bits per heavy atom. The third kappa shape index (κ3) is 2.21. The van der Waals surface area contributed by atoms with Gasteiger partial charge in [0, 0.05) is 12.5 Å². The lowest BCUT2D eigenvalue weighted by atomic mass is 9.88. The first-order valence-corrected chi connectivity index (χ1v) is 8.52. The number of fused-ring (bicyclic) bond motifs is 3. The molecule has 2 aromatic rings. The van der Waals surface area contributed by atoms with Crippen molar-refractivity contribution in [2.75, 3.05) is 5.32 Å². The molecule has 0 radical (unpaired) electrons. The summed E-state index contributed by atoms with van der Waals surface area (Å²) in [5.41, 5.74) is 2.06. The fourth-order valence-corrected chi connectivity index (χ4v) is 4.39. The van der Waals surface area contributed by atoms with Crippen LogP contribution in [0.3, 0.4) is 0 Å². The molecule has 0 spiro atoms. The first-order valence-electron chi connectivity index (χ1n) is 8.52. The van der Waals surface area contributed by atoms with Gasteiger partial charge < -0.3 is 4.57 Å². The zero-order valence-corrected chi connectivity index (χ0v) is 13.1. The molecule has 0 saturated heterocycles. The normalized spacial score (nSPS) is 26.7. The van der Waals surface area contributed by atoms with E-state index in [0.29, 0.717) is 5.92 Å². The zero-order chi connectivity index (χ0) is 15.1. The van der Waals surface area contributed by atoms with Gasteiger partial charge in [-0.3, -0.25) is 10.1 Å². The van der Waals surface area contributed by atoms with Gasteiger partial charge in [0.2, 0.25) is 11.9 Å². The molecule has 4 heteroatoms. The highest BCUT2D eigenvalue weighted by molar-refractivity contribution is 5.93. The van der Waals surface area contributed by atoms with E-state index in [-0.39, 0.29) is 11.8 Å². The smallest absolute Gasteiger partial charge is 0.230 e. The van der Waals surface area contributed by atoms with E-state index in [1.807, 2.05) is 18.2 Å². The number of nitrogens with one attached hydrogen (secondary N) is 1. The Kier molecular flexibility index (Phi) is 3.40. The van der Waals surface area contributed by atoms with E-state index in [1.165, 1.54) is 19.3 Å². The van der Waals surface area contributed by atoms with Crippen molar-refractivity contribution in [1.29, 1.82) is 0 Å². The van der Waals surface area contributed by atoms with E-state index in [0.717, 1.165) is 42.3 Å². The van der Waals surface area contributed by atoms with Crippen molar-refractivity contribution in [2.24, 2.45) is 17.8 Å². The number of amides is 1. The number of benzene rings is 1. The van der Waals surface area contributed by atoms with Gasteiger partial charge in [0.05, 0.1) is 11.0 Å². The van der Waals surface area contributed by atoms with Gasteiger partial charge in [-0.15, -0.1) is 0 Å². The predicted molar refractivity (Wildman–Crippen MR) is 87.6 cm³/mol. The van der Waals surface area contributed by atoms with E-state index in [9.17, 15) is 4.79 Å². The summed E-state index contributed by atoms with van der Waals surface area (Å²) in [6, 6.07) is 8.10. The molecule has 22 heavy (non-hydrogen) atoms. The third-order valence-electron chi connectivity index (χ3n) is 5.41. The molecule has 3 atom stereocenters. The maximum absolute atomic E-state index is 12.7. The number of carbonyl (C=O) groups is 1. The number of imidazole rings is 1. The number of anilines is 1. The van der Waals surface area contributed by atoms with Crippen LogP contribution in [0.2, 0.25) is 0 Å². The number of hydrogen-bond acceptors (Lipinski definition) is 2. The fraction of sp³-hybridized carbons (Fsp3) is 0.556. The summed E-state index contributed by atoms with van der Waals surface area (Å²) in [7, 11) is 0. The van der Waals surface area contributed by atoms with Gasteiger partial charge in [-0.05, 0) is 49.7 Å². The molecule has 4 nitrogen and oxygen atoms in total. The first-order chi connectivity index (χ1) is 10.8. The Bertz CT molecular complexity index is 705. The third-order valence-corrected chi connectivity index (χ3v) is 5.41. The number of aryl methyl sites for hydroxylation is 1. The SMILES string of the molecule is CCCn1c(NC(=O)[C@H]2C[C@@H]3CC[C@@H]2C3)nc2ccccc21. The van der Waals surface area contributed by atoms with Crippen LogP contribution in [0.15, 0.2) is 24.3 Å². The summed E-state index contributed by atoms with van der Waals surface area (Å²) in [6.07, 6.45) is 5.91. The van der Waals surface area contributed by atoms with Crippen LogP contribution in [0.1, 0.15) is 39.0 Å². The summed E-state index contributed by atoms with van der Waals surface area (Å²) in [4.78, 5) is 17.3. The molecular weight excluding hydrogens is 274 g/mol. The highest BCUT2D eigenvalue weighted by Gasteiger charge is 2.43. The molecule has 2 aliphatic rings. The van der Waals surface area contributed by atoms with Crippen LogP contribution >= 0.6 is 0 Å². The van der Waals surface area contributed by atoms with Crippen LogP contribution in [-0.4, -0.2) is 15.5 Å². The molecule has 2 fully saturated rings. The van der Waals surface area contributed by atoms with Gasteiger partial charge in [-0.1, -0.05) is 25.5 Å². The van der Waals surface area contributed by atoms with E-state index >= 15 is 0 Å². The second-order valence-corrected chi connectivity index (χ2v) is 6.85. The van der Waals surface area contributed by atoms with Crippen LogP contribution in [0, 0.1) is 17.8 Å². The lowest BCUT2D eigenvalue weighted by Crippen LogP contribution is -2.28. The molecule has 0 unspecified atom stereocenters. The molecule has 116 valence electrons. The summed E-state index contributed by atoms with van der Waals surface area (Å²) in [6.45, 7) is 3.03. The second-order valence-electron chi connectivity index (χ2n) is 6.85. The topological polar surface area (TPSA) is 46.9 Å². The van der Waals surface area contributed by atoms with Crippen LogP contribution in [0.5, 0.6) is 0 Å². The van der Waals surface area contributed by atoms with Gasteiger partial charge in [-0.25, -0.2) is 4.98 Å². The molecule has 1 amide bonds. The largest absolute Gasteiger partial charge is 0.310 e. The maximum Gasteiger partial charge on any atom is 0.230 e. The summed E-state index contributed by atoms with van der Waals surface area (Å²) < 4.78 is 2.14. The quantitative estimate of drug-likeness (QED) is 0.932. The van der Waals surface area contributed by atoms with E-state index in [2.05, 4.69) is 27.9 Å². The molecule has 0 aliphatic heterocycles. The molecule has 2 aliphatic carbocycles. The van der Waals surface area contributed by atoms with Crippen molar-refractivity contribution < 1.29 is 4.79 Å². The van der Waals surface area contributed by atoms with Crippen molar-refractivity contribution in [3.8, 4) is 0 Å². The van der Waals surface area contributed by atoms with Crippen molar-refractivity contribution in [3.05, 3.63) is 24.3 Å². The Hall–Kier alpha value is -1.84. The van der Waals surface area contributed by atoms with Crippen LogP contribution in [0.25, 0.3) is 11.0 Å². The molecular formula is C18H23N3O. The van der Waals surface area contributed by atoms with Crippen molar-refractivity contribution in [2.45, 2.75) is 45.6 Å². The standard InChI is InChI=1S/C18H23N3O/c1-2-9-21-16-6-4-3-5-15(16)19-18(21)20-17(22)14-11-12-7-8-13(14)10-12/h3-6,12-14H,2,7-11H2,1H3,(H,19,20,22)/t12-,13-,14+/m1/s1. The highest BCUT2D eigenvalue weighted by Crippen LogP contribution is 2.48. The molecule has 1 aromatic carbocycles. The summed E-state index contributed by atoms with van der Waals surface area (Å²) >= 11 is 0. The second kappa shape index (κ2) is 5.41. The lowest BCUT2D eigenvalue weighted by molar-refractivity contribution is -0.121. The molecule has 1 aromatic heterocycles. The first kappa shape index (κ1) is 13.8. The minimum atomic E-state index is 0.180. The minimum Gasteiger partial charge on any atom is -0.310 e. The summed E-state index contributed by atoms with van der Waals surface area (Å²) in [5, 5.41) is 3.12. The Balaban J connectivity index is 1.60. The van der Waals surface area contributed by atoms with Gasteiger partial charge >= 0.3 is 0 Å². The number of hydrogen-bond donors (Lipinski definition) is 1. The molecule has 2 bridgehead atoms. The van der Waals surface area contributed by atoms with Gasteiger partial charge in [-0.2, -0.15) is 0 Å². The monoisotopic (exact) mass is 297 g/mol. The fourth-order valence-electron chi connectivity index (χ4n) is 4.39. The predicted octanol–water partition coefficient (Wildman–Crippen LogP) is 3.82. The summed E-state index contributed by atoms with van der Waals surface area (Å²) in [5.74, 6) is 2.49. The molecule has 4 rings (SSSR count). The Morgan fingerprint density at radius 3 is 2.91 bits per heavy atom. The van der Waals surface area contributed by atoms with Crippen molar-refractivity contribution >= 4 is 22.9 Å². The Labute approximate surface area is 130 Å². The molecule has 1 heterocycles. The number of aromatic nitrogens is 2. The lowest BCUT2D eigenvalue weighted by Gasteiger charge is -2.20. The van der Waals surface area contributed by atoms with Gasteiger partial charge in [0.25, 0.3) is 0 Å². The van der Waals surface area contributed by atoms with Crippen LogP contribution < -0.4 is 5.32 Å². The number of nitrogens with zero attached hydrogens (tertiary/aromatic N) is 2. The van der Waals surface area contributed by atoms with Crippen molar-refractivity contribution in [1.82, 2.24) is 9.55 Å². The van der Waals surface area contributed by atoms with E-state index < -0.39 is 0 Å². The minimum absolute atomic E-state index is 0.180. The number of para-hydroxylation sites is 2. The Morgan fingerprint density at radius 1 is 1.32 bits per heavy atom. The molecule has 1 N–H and O–H groups in total. The van der Waals surface area contributed by atoms with E-state index in [1.54, 1.807) is 0 Å². The number of carbonyl (C=O) groups excluding carboxylic acids is 1. The van der Waals surface area contributed by atoms with Gasteiger partial charge in [0.1, 0.15) is 0 Å². The van der Waals surface area contributed by atoms with Crippen LogP contribution in [0.4, 0.5) is 5.95 Å². The highest BCUT2D eigenvalue weighted by atomic mass is 16.2. The number of rotatable bonds is 4. The molecule has 2 saturated carbocycles. The average Bonchev–Trinajstić information content (AvgIpc) is 3.22. The van der Waals surface area contributed by atoms with Gasteiger partial charge in [0.15, 0.2) is 0 Å².